The molecule has 7 heteroatoms. The van der Waals surface area contributed by atoms with Gasteiger partial charge in [-0.3, -0.25) is 14.6 Å². The van der Waals surface area contributed by atoms with Crippen molar-refractivity contribution in [3.8, 4) is 5.75 Å². The normalized spacial score (nSPS) is 10.3. The molecule has 2 rings (SSSR count). The summed E-state index contributed by atoms with van der Waals surface area (Å²) in [7, 11) is 0. The van der Waals surface area contributed by atoms with Gasteiger partial charge in [-0.15, -0.1) is 0 Å². The Morgan fingerprint density at radius 2 is 1.82 bits per heavy atom. The number of benzene rings is 1. The number of carbonyl (C=O) groups is 1. The highest BCUT2D eigenvalue weighted by molar-refractivity contribution is 5.91. The van der Waals surface area contributed by atoms with E-state index in [9.17, 15) is 14.4 Å². The molecule has 1 aromatic carbocycles. The number of hydrogen-bond donors (Lipinski definition) is 3. The molecule has 1 aromatic heterocycles. The summed E-state index contributed by atoms with van der Waals surface area (Å²) >= 11 is 0. The monoisotopic (exact) mass is 303 g/mol. The minimum atomic E-state index is -0.667. The van der Waals surface area contributed by atoms with Crippen molar-refractivity contribution in [2.75, 3.05) is 11.9 Å². The van der Waals surface area contributed by atoms with Crippen molar-refractivity contribution in [3.05, 3.63) is 55.9 Å². The molecule has 0 radical (unpaired) electrons. The van der Waals surface area contributed by atoms with Crippen molar-refractivity contribution in [2.24, 2.45) is 0 Å². The van der Waals surface area contributed by atoms with Crippen molar-refractivity contribution < 1.29 is 9.53 Å². The summed E-state index contributed by atoms with van der Waals surface area (Å²) in [5, 5.41) is 2.38. The number of H-pyrrole nitrogens is 2. The molecule has 3 N–H and O–H groups in total. The second-order valence-corrected chi connectivity index (χ2v) is 5.02. The van der Waals surface area contributed by atoms with Crippen LogP contribution in [0.5, 0.6) is 5.75 Å². The summed E-state index contributed by atoms with van der Waals surface area (Å²) < 4.78 is 5.47. The molecule has 0 aliphatic carbocycles. The number of aromatic nitrogens is 2. The number of aryl methyl sites for hydroxylation is 3. The third-order valence-corrected chi connectivity index (χ3v) is 3.24. The van der Waals surface area contributed by atoms with Crippen LogP contribution in [0, 0.1) is 20.8 Å². The second kappa shape index (κ2) is 6.30. The van der Waals surface area contributed by atoms with E-state index in [1.54, 1.807) is 0 Å². The highest BCUT2D eigenvalue weighted by atomic mass is 16.5. The molecule has 0 atom stereocenters. The molecule has 22 heavy (non-hydrogen) atoms. The van der Waals surface area contributed by atoms with Crippen molar-refractivity contribution in [3.63, 3.8) is 0 Å². The van der Waals surface area contributed by atoms with Crippen molar-refractivity contribution in [1.82, 2.24) is 9.97 Å². The lowest BCUT2D eigenvalue weighted by Crippen LogP contribution is -2.28. The Labute approximate surface area is 126 Å². The topological polar surface area (TPSA) is 104 Å². The first-order valence-corrected chi connectivity index (χ1v) is 6.69. The Bertz CT molecular complexity index is 820. The van der Waals surface area contributed by atoms with E-state index in [4.69, 9.17) is 4.74 Å². The van der Waals surface area contributed by atoms with Crippen LogP contribution in [-0.2, 0) is 4.79 Å². The van der Waals surface area contributed by atoms with Gasteiger partial charge in [-0.05, 0) is 43.5 Å². The van der Waals surface area contributed by atoms with Crippen LogP contribution in [0.4, 0.5) is 5.69 Å². The van der Waals surface area contributed by atoms with E-state index in [1.165, 1.54) is 0 Å². The van der Waals surface area contributed by atoms with Crippen LogP contribution >= 0.6 is 0 Å². The van der Waals surface area contributed by atoms with Gasteiger partial charge in [-0.25, -0.2) is 4.79 Å². The van der Waals surface area contributed by atoms with Crippen LogP contribution in [-0.4, -0.2) is 22.5 Å². The molecule has 7 nitrogen and oxygen atoms in total. The molecular weight excluding hydrogens is 286 g/mol. The highest BCUT2D eigenvalue weighted by Gasteiger charge is 2.09. The summed E-state index contributed by atoms with van der Waals surface area (Å²) in [5.41, 5.74) is 1.81. The number of hydrogen-bond acceptors (Lipinski definition) is 4. The summed E-state index contributed by atoms with van der Waals surface area (Å²) in [6.45, 7) is 5.62. The van der Waals surface area contributed by atoms with Gasteiger partial charge in [0.2, 0.25) is 0 Å². The highest BCUT2D eigenvalue weighted by Crippen LogP contribution is 2.22. The number of ether oxygens (including phenoxy) is 1. The van der Waals surface area contributed by atoms with E-state index in [0.29, 0.717) is 5.75 Å². The van der Waals surface area contributed by atoms with Gasteiger partial charge < -0.3 is 15.0 Å². The van der Waals surface area contributed by atoms with Crippen molar-refractivity contribution in [2.45, 2.75) is 20.8 Å². The third kappa shape index (κ3) is 3.63. The largest absolute Gasteiger partial charge is 0.483 e. The lowest BCUT2D eigenvalue weighted by molar-refractivity contribution is -0.118. The van der Waals surface area contributed by atoms with Gasteiger partial charge >= 0.3 is 5.69 Å². The molecule has 1 heterocycles. The Morgan fingerprint density at radius 1 is 1.14 bits per heavy atom. The van der Waals surface area contributed by atoms with Gasteiger partial charge in [0.05, 0.1) is 0 Å². The van der Waals surface area contributed by atoms with Gasteiger partial charge in [0.15, 0.2) is 6.61 Å². The molecule has 0 aliphatic heterocycles. The number of nitrogens with one attached hydrogen (secondary N) is 3. The van der Waals surface area contributed by atoms with Gasteiger partial charge in [0, 0.05) is 6.20 Å². The van der Waals surface area contributed by atoms with Crippen LogP contribution in [0.2, 0.25) is 0 Å². The second-order valence-electron chi connectivity index (χ2n) is 5.02. The molecule has 0 aliphatic rings. The summed E-state index contributed by atoms with van der Waals surface area (Å²) in [5.74, 6) is 0.129. The molecule has 2 aromatic rings. The SMILES string of the molecule is Cc1cc(C)c(OCC(=O)Nc2c[nH]c(=O)[nH]c2=O)cc1C. The Kier molecular flexibility index (Phi) is 4.45. The van der Waals surface area contributed by atoms with Crippen molar-refractivity contribution in [1.29, 1.82) is 0 Å². The zero-order chi connectivity index (χ0) is 16.3. The van der Waals surface area contributed by atoms with Crippen LogP contribution in [0.25, 0.3) is 0 Å². The van der Waals surface area contributed by atoms with E-state index < -0.39 is 17.2 Å². The molecule has 0 saturated carbocycles. The summed E-state index contributed by atoms with van der Waals surface area (Å²) in [4.78, 5) is 38.4. The first-order valence-electron chi connectivity index (χ1n) is 6.69. The molecule has 0 spiro atoms. The molecule has 0 bridgehead atoms. The Balaban J connectivity index is 2.03. The van der Waals surface area contributed by atoms with E-state index in [2.05, 4.69) is 10.3 Å². The average molecular weight is 303 g/mol. The van der Waals surface area contributed by atoms with Crippen molar-refractivity contribution >= 4 is 11.6 Å². The minimum absolute atomic E-state index is 0.0370. The van der Waals surface area contributed by atoms with Crippen LogP contribution < -0.4 is 21.3 Å². The molecule has 116 valence electrons. The summed E-state index contributed by atoms with van der Waals surface area (Å²) in [6.07, 6.45) is 1.14. The maximum absolute atomic E-state index is 11.8. The minimum Gasteiger partial charge on any atom is -0.483 e. The predicted octanol–water partition coefficient (Wildman–Crippen LogP) is 1.01. The smallest absolute Gasteiger partial charge is 0.325 e. The number of anilines is 1. The fourth-order valence-electron chi connectivity index (χ4n) is 1.92. The third-order valence-electron chi connectivity index (χ3n) is 3.24. The fourth-order valence-corrected chi connectivity index (χ4v) is 1.92. The maximum atomic E-state index is 11.8. The maximum Gasteiger partial charge on any atom is 0.325 e. The average Bonchev–Trinajstić information content (AvgIpc) is 2.44. The molecule has 0 unspecified atom stereocenters. The molecule has 0 fully saturated rings. The number of aromatic amines is 2. The first-order chi connectivity index (χ1) is 10.4. The number of carbonyl (C=O) groups excluding carboxylic acids is 1. The van der Waals surface area contributed by atoms with Gasteiger partial charge in [-0.1, -0.05) is 6.07 Å². The standard InChI is InChI=1S/C15H17N3O4/c1-8-4-10(3)12(5-9(8)2)22-7-13(19)17-11-6-16-15(21)18-14(11)20/h4-6H,7H2,1-3H3,(H,17,19)(H2,16,18,20,21). The van der Waals surface area contributed by atoms with Crippen LogP contribution in [0.15, 0.2) is 27.9 Å². The van der Waals surface area contributed by atoms with Gasteiger partial charge in [-0.2, -0.15) is 0 Å². The zero-order valence-corrected chi connectivity index (χ0v) is 12.6. The first kappa shape index (κ1) is 15.6. The molecule has 1 amide bonds. The predicted molar refractivity (Wildman–Crippen MR) is 82.5 cm³/mol. The Hall–Kier alpha value is -2.83. The lowest BCUT2D eigenvalue weighted by Gasteiger charge is -2.11. The zero-order valence-electron chi connectivity index (χ0n) is 12.6. The van der Waals surface area contributed by atoms with Gasteiger partial charge in [0.1, 0.15) is 11.4 Å². The van der Waals surface area contributed by atoms with Crippen LogP contribution in [0.3, 0.4) is 0 Å². The van der Waals surface area contributed by atoms with Crippen LogP contribution in [0.1, 0.15) is 16.7 Å². The van der Waals surface area contributed by atoms with E-state index in [-0.39, 0.29) is 12.3 Å². The number of amides is 1. The molecular formula is C15H17N3O4. The van der Waals surface area contributed by atoms with E-state index in [1.807, 2.05) is 37.9 Å². The quantitative estimate of drug-likeness (QED) is 0.784. The van der Waals surface area contributed by atoms with E-state index >= 15 is 0 Å². The molecule has 0 saturated heterocycles. The van der Waals surface area contributed by atoms with E-state index in [0.717, 1.165) is 22.9 Å². The lowest BCUT2D eigenvalue weighted by atomic mass is 10.1. The Morgan fingerprint density at radius 3 is 2.50 bits per heavy atom. The fraction of sp³-hybridized carbons (Fsp3) is 0.267. The summed E-state index contributed by atoms with van der Waals surface area (Å²) in [6, 6.07) is 3.85. The number of rotatable bonds is 4. The van der Waals surface area contributed by atoms with Gasteiger partial charge in [0.25, 0.3) is 11.5 Å².